The molecule has 0 spiro atoms. The zero-order chi connectivity index (χ0) is 17.0. The lowest BCUT2D eigenvalue weighted by Gasteiger charge is -2.41. The summed E-state index contributed by atoms with van der Waals surface area (Å²) in [7, 11) is 0. The molecule has 23 heavy (non-hydrogen) atoms. The lowest BCUT2D eigenvalue weighted by atomic mass is 10.1. The molecule has 1 saturated heterocycles. The molecule has 1 aromatic rings. The minimum Gasteiger partial charge on any atom is -0.392 e. The van der Waals surface area contributed by atoms with Crippen LogP contribution in [0, 0.1) is 13.8 Å². The number of rotatable bonds is 6. The summed E-state index contributed by atoms with van der Waals surface area (Å²) in [5.74, 6) is -0.00224. The predicted octanol–water partition coefficient (Wildman–Crippen LogP) is 1.48. The minimum atomic E-state index is -0.310. The molecule has 1 aromatic heterocycles. The lowest BCUT2D eigenvalue weighted by molar-refractivity contribution is -0.118. The molecule has 1 fully saturated rings. The smallest absolute Gasteiger partial charge is 0.240 e. The fourth-order valence-electron chi connectivity index (χ4n) is 2.96. The van der Waals surface area contributed by atoms with Crippen molar-refractivity contribution in [3.8, 4) is 0 Å². The second kappa shape index (κ2) is 8.19. The molecule has 2 heterocycles. The fraction of sp³-hybridized carbons (Fsp3) is 0.750. The SMILES string of the molecule is CC[C@H]1CN(CC(=O)Nc2nc(C)c(C)s2)CCN1C[C@@H](C)O. The summed E-state index contributed by atoms with van der Waals surface area (Å²) < 4.78 is 0. The van der Waals surface area contributed by atoms with Gasteiger partial charge in [-0.2, -0.15) is 0 Å². The quantitative estimate of drug-likeness (QED) is 0.821. The van der Waals surface area contributed by atoms with Crippen LogP contribution < -0.4 is 5.32 Å². The summed E-state index contributed by atoms with van der Waals surface area (Å²) in [5, 5.41) is 13.2. The Labute approximate surface area is 142 Å². The molecule has 0 radical (unpaired) electrons. The van der Waals surface area contributed by atoms with Crippen molar-refractivity contribution in [2.45, 2.75) is 46.3 Å². The number of carbonyl (C=O) groups is 1. The number of aliphatic hydroxyl groups excluding tert-OH is 1. The molecule has 2 atom stereocenters. The van der Waals surface area contributed by atoms with Crippen LogP contribution in [0.3, 0.4) is 0 Å². The van der Waals surface area contributed by atoms with Crippen molar-refractivity contribution < 1.29 is 9.90 Å². The number of hydrogen-bond acceptors (Lipinski definition) is 6. The number of nitrogens with zero attached hydrogens (tertiary/aromatic N) is 3. The van der Waals surface area contributed by atoms with E-state index in [2.05, 4.69) is 27.0 Å². The van der Waals surface area contributed by atoms with E-state index in [-0.39, 0.29) is 12.0 Å². The predicted molar refractivity (Wildman–Crippen MR) is 94.0 cm³/mol. The van der Waals surface area contributed by atoms with Crippen molar-refractivity contribution in [2.24, 2.45) is 0 Å². The molecule has 0 aromatic carbocycles. The number of amides is 1. The van der Waals surface area contributed by atoms with E-state index in [0.29, 0.717) is 24.3 Å². The minimum absolute atomic E-state index is 0.00224. The van der Waals surface area contributed by atoms with Crippen LogP contribution in [0.4, 0.5) is 5.13 Å². The Morgan fingerprint density at radius 2 is 2.22 bits per heavy atom. The summed E-state index contributed by atoms with van der Waals surface area (Å²) >= 11 is 1.52. The molecule has 2 N–H and O–H groups in total. The van der Waals surface area contributed by atoms with Crippen LogP contribution in [-0.4, -0.2) is 70.7 Å². The Morgan fingerprint density at radius 3 is 2.78 bits per heavy atom. The molecule has 0 saturated carbocycles. The van der Waals surface area contributed by atoms with E-state index in [9.17, 15) is 9.90 Å². The van der Waals surface area contributed by atoms with Gasteiger partial charge in [-0.25, -0.2) is 4.98 Å². The second-order valence-electron chi connectivity index (χ2n) is 6.35. The Morgan fingerprint density at radius 1 is 1.48 bits per heavy atom. The number of aliphatic hydroxyl groups is 1. The maximum atomic E-state index is 12.2. The molecular weight excluding hydrogens is 312 g/mol. The molecule has 0 bridgehead atoms. The highest BCUT2D eigenvalue weighted by Gasteiger charge is 2.27. The van der Waals surface area contributed by atoms with Gasteiger partial charge in [-0.3, -0.25) is 14.6 Å². The van der Waals surface area contributed by atoms with Crippen LogP contribution in [0.25, 0.3) is 0 Å². The summed E-state index contributed by atoms with van der Waals surface area (Å²) in [6.07, 6.45) is 0.714. The molecule has 7 heteroatoms. The maximum Gasteiger partial charge on any atom is 0.240 e. The van der Waals surface area contributed by atoms with Crippen LogP contribution in [-0.2, 0) is 4.79 Å². The van der Waals surface area contributed by atoms with Gasteiger partial charge in [-0.1, -0.05) is 6.92 Å². The summed E-state index contributed by atoms with van der Waals surface area (Å²) in [6.45, 7) is 11.7. The van der Waals surface area contributed by atoms with E-state index in [4.69, 9.17) is 0 Å². The fourth-order valence-corrected chi connectivity index (χ4v) is 3.79. The van der Waals surface area contributed by atoms with Gasteiger partial charge >= 0.3 is 0 Å². The van der Waals surface area contributed by atoms with E-state index >= 15 is 0 Å². The van der Waals surface area contributed by atoms with Crippen LogP contribution in [0.1, 0.15) is 30.8 Å². The number of thiazole rings is 1. The number of piperazine rings is 1. The number of hydrogen-bond donors (Lipinski definition) is 2. The largest absolute Gasteiger partial charge is 0.392 e. The standard InChI is InChI=1S/C16H28N4O2S/c1-5-14-9-19(6-7-20(14)8-11(2)21)10-15(22)18-16-17-12(3)13(4)23-16/h11,14,21H,5-10H2,1-4H3,(H,17,18,22)/t11-,14+/m1/s1. The van der Waals surface area contributed by atoms with Crippen molar-refractivity contribution in [3.63, 3.8) is 0 Å². The van der Waals surface area contributed by atoms with Crippen LogP contribution in [0.5, 0.6) is 0 Å². The Kier molecular flexibility index (Phi) is 6.52. The van der Waals surface area contributed by atoms with Crippen molar-refractivity contribution in [1.82, 2.24) is 14.8 Å². The van der Waals surface area contributed by atoms with Gasteiger partial charge in [0.1, 0.15) is 0 Å². The van der Waals surface area contributed by atoms with Crippen LogP contribution in [0.2, 0.25) is 0 Å². The van der Waals surface area contributed by atoms with Crippen LogP contribution in [0.15, 0.2) is 0 Å². The number of anilines is 1. The molecule has 1 aliphatic heterocycles. The first kappa shape index (κ1) is 18.3. The zero-order valence-corrected chi connectivity index (χ0v) is 15.3. The molecule has 0 unspecified atom stereocenters. The highest BCUT2D eigenvalue weighted by atomic mass is 32.1. The van der Waals surface area contributed by atoms with Gasteiger partial charge in [-0.05, 0) is 27.2 Å². The summed E-state index contributed by atoms with van der Waals surface area (Å²) in [4.78, 5) is 22.2. The van der Waals surface area contributed by atoms with Gasteiger partial charge in [0.05, 0.1) is 18.3 Å². The van der Waals surface area contributed by atoms with Gasteiger partial charge in [0, 0.05) is 37.1 Å². The van der Waals surface area contributed by atoms with Gasteiger partial charge in [-0.15, -0.1) is 11.3 Å². The van der Waals surface area contributed by atoms with Crippen molar-refractivity contribution in [3.05, 3.63) is 10.6 Å². The average Bonchev–Trinajstić information content (AvgIpc) is 2.78. The zero-order valence-electron chi connectivity index (χ0n) is 14.5. The van der Waals surface area contributed by atoms with E-state index in [1.165, 1.54) is 11.3 Å². The van der Waals surface area contributed by atoms with Crippen LogP contribution >= 0.6 is 11.3 Å². The van der Waals surface area contributed by atoms with Crippen molar-refractivity contribution >= 4 is 22.4 Å². The number of carbonyl (C=O) groups excluding carboxylic acids is 1. The topological polar surface area (TPSA) is 68.7 Å². The molecule has 130 valence electrons. The third-order valence-corrected chi connectivity index (χ3v) is 5.29. The highest BCUT2D eigenvalue weighted by Crippen LogP contribution is 2.21. The number of nitrogens with one attached hydrogen (secondary N) is 1. The van der Waals surface area contributed by atoms with Gasteiger partial charge < -0.3 is 10.4 Å². The first-order chi connectivity index (χ1) is 10.9. The maximum absolute atomic E-state index is 12.2. The Bertz CT molecular complexity index is 513. The van der Waals surface area contributed by atoms with E-state index in [1.807, 2.05) is 20.8 Å². The van der Waals surface area contributed by atoms with E-state index in [1.54, 1.807) is 0 Å². The monoisotopic (exact) mass is 340 g/mol. The molecule has 1 amide bonds. The first-order valence-corrected chi connectivity index (χ1v) is 9.09. The molecule has 0 aliphatic carbocycles. The average molecular weight is 340 g/mol. The van der Waals surface area contributed by atoms with Gasteiger partial charge in [0.2, 0.25) is 5.91 Å². The van der Waals surface area contributed by atoms with Crippen molar-refractivity contribution in [1.29, 1.82) is 0 Å². The van der Waals surface area contributed by atoms with E-state index < -0.39 is 0 Å². The van der Waals surface area contributed by atoms with Crippen molar-refractivity contribution in [2.75, 3.05) is 38.0 Å². The first-order valence-electron chi connectivity index (χ1n) is 8.27. The third kappa shape index (κ3) is 5.24. The Hall–Kier alpha value is -1.02. The number of β-amino-alcohol motifs (C(OH)–C–C–N with tert-alkyl or cyclic N) is 1. The molecule has 1 aliphatic rings. The summed E-state index contributed by atoms with van der Waals surface area (Å²) in [6, 6.07) is 0.399. The molecular formula is C16H28N4O2S. The van der Waals surface area contributed by atoms with E-state index in [0.717, 1.165) is 36.6 Å². The normalized spacial score (nSPS) is 21.3. The van der Waals surface area contributed by atoms with Gasteiger partial charge in [0.15, 0.2) is 5.13 Å². The highest BCUT2D eigenvalue weighted by molar-refractivity contribution is 7.15. The number of aryl methyl sites for hydroxylation is 2. The second-order valence-corrected chi connectivity index (χ2v) is 7.55. The summed E-state index contributed by atoms with van der Waals surface area (Å²) in [5.41, 5.74) is 0.975. The third-order valence-electron chi connectivity index (χ3n) is 4.30. The molecule has 2 rings (SSSR count). The number of aromatic nitrogens is 1. The Balaban J connectivity index is 1.84. The molecule has 6 nitrogen and oxygen atoms in total. The van der Waals surface area contributed by atoms with Gasteiger partial charge in [0.25, 0.3) is 0 Å². The lowest BCUT2D eigenvalue weighted by Crippen LogP contribution is -2.55.